The van der Waals surface area contributed by atoms with E-state index >= 15 is 0 Å². The minimum atomic E-state index is -2.86. The average molecular weight is 505 g/mol. The molecule has 4 aromatic rings. The van der Waals surface area contributed by atoms with E-state index in [1.165, 1.54) is 11.1 Å². The van der Waals surface area contributed by atoms with Crippen molar-refractivity contribution in [1.29, 1.82) is 0 Å². The van der Waals surface area contributed by atoms with E-state index in [2.05, 4.69) is 72.6 Å². The van der Waals surface area contributed by atoms with Crippen molar-refractivity contribution in [3.8, 4) is 5.75 Å². The molecule has 0 fully saturated rings. The Balaban J connectivity index is 1.62. The topological polar surface area (TPSA) is 45.3 Å². The van der Waals surface area contributed by atoms with Gasteiger partial charge in [-0.2, -0.15) is 8.78 Å². The number of rotatable bonds is 9. The maximum Gasteiger partial charge on any atom is 0.387 e. The highest BCUT2D eigenvalue weighted by Crippen LogP contribution is 2.24. The van der Waals surface area contributed by atoms with Gasteiger partial charge in [-0.05, 0) is 69.8 Å². The number of aryl methyl sites for hydroxylation is 1. The summed E-state index contributed by atoms with van der Waals surface area (Å²) in [6.07, 6.45) is 0.923. The average Bonchev–Trinajstić information content (AvgIpc) is 2.85. The van der Waals surface area contributed by atoms with Crippen LogP contribution in [0.4, 0.5) is 8.78 Å². The summed E-state index contributed by atoms with van der Waals surface area (Å²) in [5.41, 5.74) is 6.02. The molecule has 4 rings (SSSR count). The SMILES string of the molecule is CCc1ccc2[nH]c(=O)c(CN(Cc3ccc(OC(F)F)cc3)Cc3ccc(C(C)(C)C)cc3)cc2c1. The molecule has 1 N–H and O–H groups in total. The molecule has 6 heteroatoms. The van der Waals surface area contributed by atoms with E-state index in [0.717, 1.165) is 28.5 Å². The molecule has 0 aliphatic rings. The second-order valence-corrected chi connectivity index (χ2v) is 10.5. The summed E-state index contributed by atoms with van der Waals surface area (Å²) < 4.78 is 29.6. The molecule has 0 unspecified atom stereocenters. The molecular formula is C31H34F2N2O2. The van der Waals surface area contributed by atoms with Crippen molar-refractivity contribution in [2.45, 2.75) is 65.8 Å². The van der Waals surface area contributed by atoms with Crippen LogP contribution in [0.1, 0.15) is 55.5 Å². The summed E-state index contributed by atoms with van der Waals surface area (Å²) in [6, 6.07) is 23.3. The fourth-order valence-corrected chi connectivity index (χ4v) is 4.45. The Labute approximate surface area is 216 Å². The molecule has 4 nitrogen and oxygen atoms in total. The van der Waals surface area contributed by atoms with E-state index in [1.54, 1.807) is 24.3 Å². The number of nitrogens with one attached hydrogen (secondary N) is 1. The van der Waals surface area contributed by atoms with E-state index in [4.69, 9.17) is 0 Å². The van der Waals surface area contributed by atoms with Crippen molar-refractivity contribution in [1.82, 2.24) is 9.88 Å². The Kier molecular flexibility index (Phi) is 8.08. The highest BCUT2D eigenvalue weighted by molar-refractivity contribution is 5.79. The molecule has 0 radical (unpaired) electrons. The van der Waals surface area contributed by atoms with Gasteiger partial charge in [-0.25, -0.2) is 0 Å². The van der Waals surface area contributed by atoms with Gasteiger partial charge in [0.25, 0.3) is 5.56 Å². The van der Waals surface area contributed by atoms with E-state index in [0.29, 0.717) is 25.2 Å². The van der Waals surface area contributed by atoms with Gasteiger partial charge in [0.1, 0.15) is 5.75 Å². The molecule has 0 aliphatic heterocycles. The summed E-state index contributed by atoms with van der Waals surface area (Å²) in [7, 11) is 0. The highest BCUT2D eigenvalue weighted by atomic mass is 19.3. The predicted octanol–water partition coefficient (Wildman–Crippen LogP) is 7.19. The molecule has 0 spiro atoms. The van der Waals surface area contributed by atoms with Crippen molar-refractivity contribution in [2.75, 3.05) is 0 Å². The third-order valence-corrected chi connectivity index (χ3v) is 6.57. The van der Waals surface area contributed by atoms with E-state index in [-0.39, 0.29) is 16.7 Å². The molecule has 1 aromatic heterocycles. The Morgan fingerprint density at radius 3 is 2.00 bits per heavy atom. The van der Waals surface area contributed by atoms with E-state index in [1.807, 2.05) is 18.2 Å². The molecule has 37 heavy (non-hydrogen) atoms. The zero-order chi connectivity index (χ0) is 26.6. The van der Waals surface area contributed by atoms with Crippen LogP contribution in [0.5, 0.6) is 5.75 Å². The molecule has 0 saturated heterocycles. The number of aromatic nitrogens is 1. The Morgan fingerprint density at radius 2 is 1.43 bits per heavy atom. The first-order valence-electron chi connectivity index (χ1n) is 12.6. The Morgan fingerprint density at radius 1 is 0.838 bits per heavy atom. The van der Waals surface area contributed by atoms with Crippen molar-refractivity contribution in [3.63, 3.8) is 0 Å². The number of H-pyrrole nitrogens is 1. The summed E-state index contributed by atoms with van der Waals surface area (Å²) in [5, 5.41) is 1.01. The van der Waals surface area contributed by atoms with Crippen molar-refractivity contribution >= 4 is 10.9 Å². The number of nitrogens with zero attached hydrogens (tertiary/aromatic N) is 1. The van der Waals surface area contributed by atoms with Crippen LogP contribution in [0.2, 0.25) is 0 Å². The number of fused-ring (bicyclic) bond motifs is 1. The largest absolute Gasteiger partial charge is 0.435 e. The second-order valence-electron chi connectivity index (χ2n) is 10.5. The molecule has 3 aromatic carbocycles. The van der Waals surface area contributed by atoms with Crippen LogP contribution in [-0.4, -0.2) is 16.5 Å². The second kappa shape index (κ2) is 11.3. The van der Waals surface area contributed by atoms with Gasteiger partial charge >= 0.3 is 6.61 Å². The minimum Gasteiger partial charge on any atom is -0.435 e. The standard InChI is InChI=1S/C31H34F2N2O2/c1-5-21-10-15-28-24(16-21)17-25(29(36)34-28)20-35(18-22-6-11-26(12-7-22)31(2,3)4)19-23-8-13-27(14-9-23)37-30(32)33/h6-17,30H,5,18-20H2,1-4H3,(H,34,36). The first-order chi connectivity index (χ1) is 17.6. The number of halogens is 2. The van der Waals surface area contributed by atoms with E-state index < -0.39 is 6.61 Å². The number of hydrogen-bond acceptors (Lipinski definition) is 3. The van der Waals surface area contributed by atoms with Crippen LogP contribution in [0, 0.1) is 0 Å². The maximum absolute atomic E-state index is 13.0. The van der Waals surface area contributed by atoms with Crippen LogP contribution in [0.25, 0.3) is 10.9 Å². The lowest BCUT2D eigenvalue weighted by Crippen LogP contribution is -2.26. The summed E-state index contributed by atoms with van der Waals surface area (Å²) in [4.78, 5) is 18.2. The zero-order valence-electron chi connectivity index (χ0n) is 21.9. The van der Waals surface area contributed by atoms with Gasteiger partial charge in [0.2, 0.25) is 0 Å². The molecule has 0 amide bonds. The number of benzene rings is 3. The van der Waals surface area contributed by atoms with Crippen molar-refractivity contribution in [3.05, 3.63) is 111 Å². The number of hydrogen-bond donors (Lipinski definition) is 1. The first-order valence-corrected chi connectivity index (χ1v) is 12.6. The van der Waals surface area contributed by atoms with Gasteiger partial charge in [0.15, 0.2) is 0 Å². The normalized spacial score (nSPS) is 12.0. The number of ether oxygens (including phenoxy) is 1. The maximum atomic E-state index is 13.0. The van der Waals surface area contributed by atoms with Crippen molar-refractivity contribution in [2.24, 2.45) is 0 Å². The van der Waals surface area contributed by atoms with Gasteiger partial charge in [-0.3, -0.25) is 9.69 Å². The number of alkyl halides is 2. The molecule has 0 bridgehead atoms. The van der Waals surface area contributed by atoms with Crippen LogP contribution < -0.4 is 10.3 Å². The monoisotopic (exact) mass is 504 g/mol. The van der Waals surface area contributed by atoms with Gasteiger partial charge < -0.3 is 9.72 Å². The van der Waals surface area contributed by atoms with Crippen molar-refractivity contribution < 1.29 is 13.5 Å². The molecule has 1 heterocycles. The first kappa shape index (κ1) is 26.6. The number of aromatic amines is 1. The third-order valence-electron chi connectivity index (χ3n) is 6.57. The smallest absolute Gasteiger partial charge is 0.387 e. The van der Waals surface area contributed by atoms with Crippen LogP contribution >= 0.6 is 0 Å². The Bertz CT molecular complexity index is 1390. The highest BCUT2D eigenvalue weighted by Gasteiger charge is 2.15. The van der Waals surface area contributed by atoms with E-state index in [9.17, 15) is 13.6 Å². The fourth-order valence-electron chi connectivity index (χ4n) is 4.45. The molecule has 0 saturated carbocycles. The lowest BCUT2D eigenvalue weighted by Gasteiger charge is -2.24. The van der Waals surface area contributed by atoms with Crippen LogP contribution in [0.15, 0.2) is 77.6 Å². The third kappa shape index (κ3) is 7.04. The summed E-state index contributed by atoms with van der Waals surface area (Å²) >= 11 is 0. The fraction of sp³-hybridized carbons (Fsp3) is 0.323. The van der Waals surface area contributed by atoms with Crippen LogP contribution in [0.3, 0.4) is 0 Å². The quantitative estimate of drug-likeness (QED) is 0.262. The lowest BCUT2D eigenvalue weighted by atomic mass is 9.87. The number of pyridine rings is 1. The van der Waals surface area contributed by atoms with Gasteiger partial charge in [-0.1, -0.05) is 70.2 Å². The zero-order valence-corrected chi connectivity index (χ0v) is 21.9. The lowest BCUT2D eigenvalue weighted by molar-refractivity contribution is -0.0498. The van der Waals surface area contributed by atoms with Gasteiger partial charge in [0, 0.05) is 30.7 Å². The predicted molar refractivity (Wildman–Crippen MR) is 145 cm³/mol. The molecule has 194 valence electrons. The van der Waals surface area contributed by atoms with Gasteiger partial charge in [0.05, 0.1) is 0 Å². The molecular weight excluding hydrogens is 470 g/mol. The van der Waals surface area contributed by atoms with Crippen LogP contribution in [-0.2, 0) is 31.5 Å². The molecule has 0 aliphatic carbocycles. The summed E-state index contributed by atoms with van der Waals surface area (Å²) in [5.74, 6) is 0.126. The minimum absolute atomic E-state index is 0.0655. The summed E-state index contributed by atoms with van der Waals surface area (Å²) in [6.45, 7) is 7.43. The molecule has 0 atom stereocenters. The van der Waals surface area contributed by atoms with Gasteiger partial charge in [-0.15, -0.1) is 0 Å². The Hall–Kier alpha value is -3.51.